The molecule has 3 aromatic carbocycles. The van der Waals surface area contributed by atoms with Gasteiger partial charge in [0.05, 0.1) is 21.1 Å². The Morgan fingerprint density at radius 1 is 0.971 bits per heavy atom. The molecule has 5 rings (SSSR count). The minimum atomic E-state index is -0.470. The minimum Gasteiger partial charge on any atom is -0.456 e. The van der Waals surface area contributed by atoms with Crippen molar-refractivity contribution in [2.45, 2.75) is 0 Å². The zero-order valence-corrected chi connectivity index (χ0v) is 18.7. The number of fused-ring (bicyclic) bond motifs is 1. The van der Waals surface area contributed by atoms with Crippen molar-refractivity contribution in [2.24, 2.45) is 0 Å². The van der Waals surface area contributed by atoms with Gasteiger partial charge in [-0.05, 0) is 54.6 Å². The fourth-order valence-corrected chi connectivity index (χ4v) is 3.72. The van der Waals surface area contributed by atoms with Gasteiger partial charge in [-0.3, -0.25) is 14.9 Å². The number of carbonyl (C=O) groups is 1. The maximum Gasteiger partial charge on any atom is 0.280 e. The highest BCUT2D eigenvalue weighted by molar-refractivity contribution is 6.33. The van der Waals surface area contributed by atoms with E-state index in [-0.39, 0.29) is 5.69 Å². The lowest BCUT2D eigenvalue weighted by molar-refractivity contribution is -0.384. The van der Waals surface area contributed by atoms with Crippen LogP contribution < -0.4 is 5.32 Å². The van der Waals surface area contributed by atoms with Crippen molar-refractivity contribution in [3.8, 4) is 22.8 Å². The number of hydrogen-bond acceptors (Lipinski definition) is 6. The van der Waals surface area contributed by atoms with Gasteiger partial charge in [0.25, 0.3) is 5.69 Å². The molecule has 0 unspecified atom stereocenters. The summed E-state index contributed by atoms with van der Waals surface area (Å²) in [5.74, 6) is 0.648. The SMILES string of the molecule is O=C(/C=C/c1ccc(-c2ccccc2[N+](=O)[O-])o1)Nc1ccc(Cl)c(-c2nc3ccccc3o2)c1. The van der Waals surface area contributed by atoms with Crippen molar-refractivity contribution in [1.82, 2.24) is 4.98 Å². The summed E-state index contributed by atoms with van der Waals surface area (Å²) >= 11 is 6.34. The molecular formula is C26H16ClN3O5. The van der Waals surface area contributed by atoms with Gasteiger partial charge in [-0.25, -0.2) is 4.98 Å². The summed E-state index contributed by atoms with van der Waals surface area (Å²) in [5.41, 5.74) is 2.68. The first kappa shape index (κ1) is 22.1. The van der Waals surface area contributed by atoms with Crippen LogP contribution >= 0.6 is 11.6 Å². The van der Waals surface area contributed by atoms with E-state index >= 15 is 0 Å². The molecule has 0 atom stereocenters. The van der Waals surface area contributed by atoms with E-state index in [9.17, 15) is 14.9 Å². The van der Waals surface area contributed by atoms with Gasteiger partial charge in [0, 0.05) is 17.8 Å². The van der Waals surface area contributed by atoms with E-state index in [1.807, 2.05) is 24.3 Å². The van der Waals surface area contributed by atoms with Crippen LogP contribution in [0.3, 0.4) is 0 Å². The van der Waals surface area contributed by atoms with Crippen molar-refractivity contribution in [1.29, 1.82) is 0 Å². The van der Waals surface area contributed by atoms with Gasteiger partial charge in [-0.2, -0.15) is 0 Å². The molecule has 9 heteroatoms. The van der Waals surface area contributed by atoms with Gasteiger partial charge in [0.2, 0.25) is 11.8 Å². The number of nitrogens with zero attached hydrogens (tertiary/aromatic N) is 2. The number of anilines is 1. The number of amides is 1. The molecule has 0 fully saturated rings. The Labute approximate surface area is 203 Å². The van der Waals surface area contributed by atoms with Crippen LogP contribution in [-0.2, 0) is 4.79 Å². The Hall–Kier alpha value is -4.69. The highest BCUT2D eigenvalue weighted by atomic mass is 35.5. The first-order valence-electron chi connectivity index (χ1n) is 10.5. The maximum absolute atomic E-state index is 12.5. The molecule has 2 aromatic heterocycles. The molecule has 0 bridgehead atoms. The molecular weight excluding hydrogens is 470 g/mol. The smallest absolute Gasteiger partial charge is 0.280 e. The lowest BCUT2D eigenvalue weighted by Gasteiger charge is -2.05. The summed E-state index contributed by atoms with van der Waals surface area (Å²) in [6.07, 6.45) is 2.78. The number of hydrogen-bond donors (Lipinski definition) is 1. The lowest BCUT2D eigenvalue weighted by Crippen LogP contribution is -2.07. The van der Waals surface area contributed by atoms with E-state index < -0.39 is 10.8 Å². The predicted octanol–water partition coefficient (Wildman–Crippen LogP) is 6.97. The molecule has 1 N–H and O–H groups in total. The zero-order valence-electron chi connectivity index (χ0n) is 18.0. The van der Waals surface area contributed by atoms with Crippen LogP contribution in [0.4, 0.5) is 11.4 Å². The van der Waals surface area contributed by atoms with Crippen LogP contribution in [-0.4, -0.2) is 15.8 Å². The van der Waals surface area contributed by atoms with Crippen LogP contribution in [0.1, 0.15) is 5.76 Å². The van der Waals surface area contributed by atoms with E-state index in [2.05, 4.69) is 10.3 Å². The summed E-state index contributed by atoms with van der Waals surface area (Å²) < 4.78 is 11.5. The van der Waals surface area contributed by atoms with Gasteiger partial charge < -0.3 is 14.2 Å². The van der Waals surface area contributed by atoms with Crippen LogP contribution in [0.2, 0.25) is 5.02 Å². The fourth-order valence-electron chi connectivity index (χ4n) is 3.52. The Kier molecular flexibility index (Phi) is 5.87. The summed E-state index contributed by atoms with van der Waals surface area (Å²) in [7, 11) is 0. The van der Waals surface area contributed by atoms with Crippen molar-refractivity contribution in [3.63, 3.8) is 0 Å². The van der Waals surface area contributed by atoms with Gasteiger partial charge >= 0.3 is 0 Å². The molecule has 1 amide bonds. The van der Waals surface area contributed by atoms with Crippen molar-refractivity contribution in [3.05, 3.63) is 106 Å². The average molecular weight is 486 g/mol. The first-order chi connectivity index (χ1) is 17.0. The third kappa shape index (κ3) is 4.68. The number of para-hydroxylation sites is 3. The summed E-state index contributed by atoms with van der Waals surface area (Å²) in [5, 5.41) is 14.4. The molecule has 2 heterocycles. The predicted molar refractivity (Wildman–Crippen MR) is 133 cm³/mol. The number of nitrogens with one attached hydrogen (secondary N) is 1. The van der Waals surface area contributed by atoms with Crippen LogP contribution in [0.5, 0.6) is 0 Å². The second-order valence-electron chi connectivity index (χ2n) is 7.48. The molecule has 0 radical (unpaired) electrons. The number of carbonyl (C=O) groups excluding carboxylic acids is 1. The van der Waals surface area contributed by atoms with Crippen LogP contribution in [0.15, 0.2) is 93.8 Å². The standard InChI is InChI=1S/C26H16ClN3O5/c27-20-12-9-16(15-19(20)26-29-21-6-2-4-8-24(21)35-26)28-25(31)14-11-17-10-13-23(34-17)18-5-1-3-7-22(18)30(32)33/h1-15H,(H,28,31)/b14-11+. The van der Waals surface area contributed by atoms with E-state index in [0.717, 1.165) is 0 Å². The van der Waals surface area contributed by atoms with E-state index in [0.29, 0.717) is 50.3 Å². The quantitative estimate of drug-likeness (QED) is 0.158. The number of aromatic nitrogens is 1. The largest absolute Gasteiger partial charge is 0.456 e. The van der Waals surface area contributed by atoms with E-state index in [4.69, 9.17) is 20.4 Å². The second kappa shape index (κ2) is 9.28. The molecule has 0 aliphatic rings. The number of oxazole rings is 1. The lowest BCUT2D eigenvalue weighted by atomic mass is 10.1. The molecule has 5 aromatic rings. The number of furan rings is 1. The van der Waals surface area contributed by atoms with E-state index in [1.54, 1.807) is 48.5 Å². The summed E-state index contributed by atoms with van der Waals surface area (Å²) in [6.45, 7) is 0. The van der Waals surface area contributed by atoms with Crippen LogP contribution in [0, 0.1) is 10.1 Å². The topological polar surface area (TPSA) is 111 Å². The third-order valence-electron chi connectivity index (χ3n) is 5.15. The third-order valence-corrected chi connectivity index (χ3v) is 5.48. The second-order valence-corrected chi connectivity index (χ2v) is 7.89. The van der Waals surface area contributed by atoms with Gasteiger partial charge in [0.1, 0.15) is 17.0 Å². The molecule has 0 saturated heterocycles. The first-order valence-corrected chi connectivity index (χ1v) is 10.8. The monoisotopic (exact) mass is 485 g/mol. The molecule has 8 nitrogen and oxygen atoms in total. The van der Waals surface area contributed by atoms with Crippen molar-refractivity contribution >= 4 is 46.1 Å². The maximum atomic E-state index is 12.5. The van der Waals surface area contributed by atoms with E-state index in [1.165, 1.54) is 18.2 Å². The van der Waals surface area contributed by atoms with Crippen molar-refractivity contribution in [2.75, 3.05) is 5.32 Å². The molecule has 172 valence electrons. The molecule has 0 saturated carbocycles. The number of nitro benzene ring substituents is 1. The van der Waals surface area contributed by atoms with Gasteiger partial charge in [0.15, 0.2) is 5.58 Å². The summed E-state index contributed by atoms with van der Waals surface area (Å²) in [6, 6.07) is 21.9. The van der Waals surface area contributed by atoms with Crippen molar-refractivity contribution < 1.29 is 18.6 Å². The zero-order chi connectivity index (χ0) is 24.4. The number of rotatable bonds is 6. The minimum absolute atomic E-state index is 0.0624. The molecule has 0 aliphatic heterocycles. The Balaban J connectivity index is 1.32. The molecule has 0 aliphatic carbocycles. The normalized spacial score (nSPS) is 11.2. The van der Waals surface area contributed by atoms with Gasteiger partial charge in [-0.1, -0.05) is 35.9 Å². The molecule has 0 spiro atoms. The number of halogens is 1. The highest BCUT2D eigenvalue weighted by Gasteiger charge is 2.17. The Bertz CT molecular complexity index is 1570. The number of benzene rings is 3. The Morgan fingerprint density at radius 2 is 1.77 bits per heavy atom. The fraction of sp³-hybridized carbons (Fsp3) is 0. The van der Waals surface area contributed by atoms with Gasteiger partial charge in [-0.15, -0.1) is 0 Å². The highest BCUT2D eigenvalue weighted by Crippen LogP contribution is 2.33. The Morgan fingerprint density at radius 3 is 2.60 bits per heavy atom. The summed E-state index contributed by atoms with van der Waals surface area (Å²) in [4.78, 5) is 27.7. The molecule has 35 heavy (non-hydrogen) atoms. The van der Waals surface area contributed by atoms with Crippen LogP contribution in [0.25, 0.3) is 40.0 Å². The number of nitro groups is 1. The average Bonchev–Trinajstić information content (AvgIpc) is 3.51.